The second kappa shape index (κ2) is 7.00. The number of nitrogens with zero attached hydrogens (tertiary/aromatic N) is 4. The Kier molecular flexibility index (Phi) is 4.62. The first-order valence-corrected chi connectivity index (χ1v) is 9.21. The molecule has 0 radical (unpaired) electrons. The first kappa shape index (κ1) is 19.1. The van der Waals surface area contributed by atoms with Gasteiger partial charge >= 0.3 is 0 Å². The molecule has 1 atom stereocenters. The van der Waals surface area contributed by atoms with Crippen LogP contribution < -0.4 is 11.1 Å². The fraction of sp³-hybridized carbons (Fsp3) is 0.300. The maximum absolute atomic E-state index is 14.9. The second-order valence-electron chi connectivity index (χ2n) is 7.35. The molecule has 0 bridgehead atoms. The van der Waals surface area contributed by atoms with E-state index in [1.807, 2.05) is 0 Å². The molecule has 150 valence electrons. The predicted molar refractivity (Wildman–Crippen MR) is 102 cm³/mol. The lowest BCUT2D eigenvalue weighted by atomic mass is 9.96. The molecule has 1 aromatic heterocycles. The fourth-order valence-electron chi connectivity index (χ4n) is 3.20. The summed E-state index contributed by atoms with van der Waals surface area (Å²) in [5, 5.41) is 14.4. The monoisotopic (exact) mass is 398 g/mol. The van der Waals surface area contributed by atoms with Crippen LogP contribution in [0.15, 0.2) is 36.4 Å². The van der Waals surface area contributed by atoms with Gasteiger partial charge in [0.05, 0.1) is 24.2 Å². The van der Waals surface area contributed by atoms with Crippen molar-refractivity contribution in [3.05, 3.63) is 53.6 Å². The van der Waals surface area contributed by atoms with Gasteiger partial charge in [-0.25, -0.2) is 8.78 Å². The van der Waals surface area contributed by atoms with Crippen LogP contribution in [0.4, 0.5) is 8.78 Å². The van der Waals surface area contributed by atoms with Crippen LogP contribution in [0.1, 0.15) is 31.4 Å². The van der Waals surface area contributed by atoms with Gasteiger partial charge in [0.1, 0.15) is 11.6 Å². The molecule has 1 amide bonds. The van der Waals surface area contributed by atoms with E-state index < -0.39 is 23.2 Å². The van der Waals surface area contributed by atoms with Crippen LogP contribution in [0, 0.1) is 11.6 Å². The van der Waals surface area contributed by atoms with Crippen molar-refractivity contribution >= 4 is 5.91 Å². The van der Waals surface area contributed by atoms with E-state index in [-0.39, 0.29) is 17.3 Å². The zero-order chi connectivity index (χ0) is 20.8. The lowest BCUT2D eigenvalue weighted by Gasteiger charge is -2.18. The minimum absolute atomic E-state index is 0.114. The molecular weight excluding hydrogens is 378 g/mol. The third kappa shape index (κ3) is 3.61. The molecule has 4 rings (SSSR count). The Morgan fingerprint density at radius 1 is 1.24 bits per heavy atom. The molecule has 1 aliphatic rings. The number of rotatable bonds is 5. The van der Waals surface area contributed by atoms with Crippen molar-refractivity contribution in [2.45, 2.75) is 31.3 Å². The van der Waals surface area contributed by atoms with Crippen LogP contribution in [0.3, 0.4) is 0 Å². The van der Waals surface area contributed by atoms with Crippen LogP contribution in [0.25, 0.3) is 22.5 Å². The number of amides is 1. The highest BCUT2D eigenvalue weighted by Gasteiger charge is 2.46. The molecule has 7 nitrogen and oxygen atoms in total. The summed E-state index contributed by atoms with van der Waals surface area (Å²) < 4.78 is 29.4. The maximum atomic E-state index is 14.9. The third-order valence-electron chi connectivity index (χ3n) is 5.11. The third-order valence-corrected chi connectivity index (χ3v) is 5.11. The molecule has 1 fully saturated rings. The van der Waals surface area contributed by atoms with Crippen LogP contribution >= 0.6 is 0 Å². The van der Waals surface area contributed by atoms with E-state index in [1.165, 1.54) is 23.0 Å². The summed E-state index contributed by atoms with van der Waals surface area (Å²) in [5.41, 5.74) is 6.43. The normalized spacial score (nSPS) is 15.8. The van der Waals surface area contributed by atoms with E-state index in [2.05, 4.69) is 20.7 Å². The molecule has 0 spiro atoms. The number of nitrogens with two attached hydrogens (primary N) is 1. The number of nitrogens with one attached hydrogen (secondary N) is 1. The van der Waals surface area contributed by atoms with Crippen LogP contribution in [0.5, 0.6) is 0 Å². The number of hydrogen-bond donors (Lipinski definition) is 2. The van der Waals surface area contributed by atoms with E-state index >= 15 is 0 Å². The largest absolute Gasteiger partial charge is 0.348 e. The zero-order valence-electron chi connectivity index (χ0n) is 16.0. The molecule has 0 aliphatic heterocycles. The summed E-state index contributed by atoms with van der Waals surface area (Å²) in [4.78, 5) is 13.4. The Bertz CT molecular complexity index is 1090. The van der Waals surface area contributed by atoms with Crippen molar-refractivity contribution in [1.29, 1.82) is 0 Å². The Hall–Kier alpha value is -3.20. The van der Waals surface area contributed by atoms with Gasteiger partial charge in [0.25, 0.3) is 0 Å². The number of aromatic nitrogens is 4. The van der Waals surface area contributed by atoms with E-state index in [1.54, 1.807) is 32.2 Å². The average molecular weight is 398 g/mol. The summed E-state index contributed by atoms with van der Waals surface area (Å²) in [6.45, 7) is 1.69. The Morgan fingerprint density at radius 2 is 2.00 bits per heavy atom. The Morgan fingerprint density at radius 3 is 2.62 bits per heavy atom. The molecule has 3 N–H and O–H groups in total. The highest BCUT2D eigenvalue weighted by molar-refractivity contribution is 5.89. The first-order valence-electron chi connectivity index (χ1n) is 9.21. The molecule has 1 saturated carbocycles. The fourth-order valence-corrected chi connectivity index (χ4v) is 3.20. The highest BCUT2D eigenvalue weighted by Crippen LogP contribution is 2.35. The smallest absolute Gasteiger partial charge is 0.240 e. The summed E-state index contributed by atoms with van der Waals surface area (Å²) in [7, 11) is 1.58. The van der Waals surface area contributed by atoms with Gasteiger partial charge in [-0.05, 0) is 48.2 Å². The van der Waals surface area contributed by atoms with Gasteiger partial charge in [-0.1, -0.05) is 24.3 Å². The molecular formula is C20H20F2N6O. The van der Waals surface area contributed by atoms with Crippen LogP contribution in [0.2, 0.25) is 0 Å². The van der Waals surface area contributed by atoms with Gasteiger partial charge in [-0.3, -0.25) is 4.79 Å². The van der Waals surface area contributed by atoms with Crippen molar-refractivity contribution in [3.8, 4) is 22.5 Å². The quantitative estimate of drug-likeness (QED) is 0.688. The van der Waals surface area contributed by atoms with Crippen LogP contribution in [-0.2, 0) is 11.8 Å². The summed E-state index contributed by atoms with van der Waals surface area (Å²) >= 11 is 0. The number of benzene rings is 2. The topological polar surface area (TPSA) is 98.7 Å². The summed E-state index contributed by atoms with van der Waals surface area (Å²) in [5.74, 6) is -1.21. The first-order chi connectivity index (χ1) is 13.8. The molecule has 3 aromatic rings. The molecule has 2 aromatic carbocycles. The zero-order valence-corrected chi connectivity index (χ0v) is 16.0. The minimum Gasteiger partial charge on any atom is -0.348 e. The molecule has 29 heavy (non-hydrogen) atoms. The van der Waals surface area contributed by atoms with E-state index in [0.717, 1.165) is 0 Å². The Balaban J connectivity index is 1.67. The molecule has 1 heterocycles. The highest BCUT2D eigenvalue weighted by atomic mass is 19.1. The van der Waals surface area contributed by atoms with E-state index in [0.29, 0.717) is 29.5 Å². The SMILES string of the molecule is CC(NC(=O)C1(N)CC1)c1ccc(-c2cccc(F)c2-c2nnn(C)n2)cc1F. The lowest BCUT2D eigenvalue weighted by Crippen LogP contribution is -2.43. The van der Waals surface area contributed by atoms with Gasteiger partial charge in [-0.2, -0.15) is 4.80 Å². The lowest BCUT2D eigenvalue weighted by molar-refractivity contribution is -0.123. The standard InChI is InChI=1S/C20H20F2N6O/c1-11(24-19(29)20(23)8-9-20)13-7-6-12(10-16(13)22)14-4-3-5-15(21)17(14)18-25-27-28(2)26-18/h3-7,10-11H,8-9,23H2,1-2H3,(H,24,29). The maximum Gasteiger partial charge on any atom is 0.240 e. The van der Waals surface area contributed by atoms with Gasteiger partial charge < -0.3 is 11.1 Å². The van der Waals surface area contributed by atoms with Crippen molar-refractivity contribution in [1.82, 2.24) is 25.5 Å². The number of aryl methyl sites for hydroxylation is 1. The molecule has 9 heteroatoms. The average Bonchev–Trinajstić information content (AvgIpc) is 3.29. The predicted octanol–water partition coefficient (Wildman–Crippen LogP) is 2.49. The van der Waals surface area contributed by atoms with E-state index in [4.69, 9.17) is 5.73 Å². The summed E-state index contributed by atoms with van der Waals surface area (Å²) in [6, 6.07) is 8.50. The molecule has 1 aliphatic carbocycles. The number of hydrogen-bond acceptors (Lipinski definition) is 5. The number of carbonyl (C=O) groups excluding carboxylic acids is 1. The van der Waals surface area contributed by atoms with Crippen molar-refractivity contribution in [3.63, 3.8) is 0 Å². The molecule has 1 unspecified atom stereocenters. The van der Waals surface area contributed by atoms with E-state index in [9.17, 15) is 13.6 Å². The van der Waals surface area contributed by atoms with Crippen LogP contribution in [-0.4, -0.2) is 31.7 Å². The number of halogens is 2. The van der Waals surface area contributed by atoms with Gasteiger partial charge in [0.15, 0.2) is 0 Å². The Labute approximate surface area is 165 Å². The number of carbonyl (C=O) groups is 1. The van der Waals surface area contributed by atoms with Crippen molar-refractivity contribution in [2.24, 2.45) is 12.8 Å². The van der Waals surface area contributed by atoms with Gasteiger partial charge in [0, 0.05) is 5.56 Å². The van der Waals surface area contributed by atoms with Crippen molar-refractivity contribution in [2.75, 3.05) is 0 Å². The number of tetrazole rings is 1. The summed E-state index contributed by atoms with van der Waals surface area (Å²) in [6.07, 6.45) is 1.26. The minimum atomic E-state index is -0.829. The van der Waals surface area contributed by atoms with Gasteiger partial charge in [0.2, 0.25) is 11.7 Å². The van der Waals surface area contributed by atoms with Gasteiger partial charge in [-0.15, -0.1) is 10.2 Å². The second-order valence-corrected chi connectivity index (χ2v) is 7.35. The molecule has 0 saturated heterocycles. The van der Waals surface area contributed by atoms with Crippen molar-refractivity contribution < 1.29 is 13.6 Å².